The van der Waals surface area contributed by atoms with Gasteiger partial charge in [0.1, 0.15) is 11.5 Å². The fraction of sp³-hybridized carbons (Fsp3) is 0.750. The number of nitrogens with one attached hydrogen (secondary N) is 1. The van der Waals surface area contributed by atoms with Gasteiger partial charge in [-0.05, 0) is 56.9 Å². The summed E-state index contributed by atoms with van der Waals surface area (Å²) in [4.78, 5) is 0. The summed E-state index contributed by atoms with van der Waals surface area (Å²) < 4.78 is 5.77. The van der Waals surface area contributed by atoms with Crippen molar-refractivity contribution in [3.8, 4) is 0 Å². The van der Waals surface area contributed by atoms with Gasteiger partial charge < -0.3 is 4.42 Å². The minimum atomic E-state index is 0.229. The highest BCUT2D eigenvalue weighted by molar-refractivity contribution is 5.34. The van der Waals surface area contributed by atoms with Gasteiger partial charge in [0.25, 0.3) is 0 Å². The lowest BCUT2D eigenvalue weighted by molar-refractivity contribution is 0.170. The Labute approximate surface area is 116 Å². The van der Waals surface area contributed by atoms with Crippen LogP contribution in [0.3, 0.4) is 0 Å². The van der Waals surface area contributed by atoms with Crippen molar-refractivity contribution in [3.63, 3.8) is 0 Å². The molecule has 0 aliphatic heterocycles. The van der Waals surface area contributed by atoms with Gasteiger partial charge in [-0.25, -0.2) is 0 Å². The van der Waals surface area contributed by atoms with Gasteiger partial charge in [-0.2, -0.15) is 0 Å². The molecule has 1 saturated carbocycles. The van der Waals surface area contributed by atoms with Crippen LogP contribution in [0.1, 0.15) is 61.8 Å². The third-order valence-corrected chi connectivity index (χ3v) is 5.22. The SMILES string of the molecule is Cc1oc(C)c(C(NN)C2CCC(C)C(C)C2)c1C. The van der Waals surface area contributed by atoms with Crippen LogP contribution in [-0.2, 0) is 0 Å². The molecule has 4 atom stereocenters. The summed E-state index contributed by atoms with van der Waals surface area (Å²) in [7, 11) is 0. The highest BCUT2D eigenvalue weighted by atomic mass is 16.3. The van der Waals surface area contributed by atoms with Crippen molar-refractivity contribution in [1.82, 2.24) is 5.43 Å². The van der Waals surface area contributed by atoms with Gasteiger partial charge in [-0.15, -0.1) is 0 Å². The molecule has 0 amide bonds. The van der Waals surface area contributed by atoms with Gasteiger partial charge in [0, 0.05) is 5.56 Å². The average Bonchev–Trinajstić information content (AvgIpc) is 2.61. The lowest BCUT2D eigenvalue weighted by Crippen LogP contribution is -2.37. The predicted octanol–water partition coefficient (Wildman–Crippen LogP) is 3.78. The van der Waals surface area contributed by atoms with Crippen LogP contribution in [0.4, 0.5) is 0 Å². The molecule has 1 aliphatic carbocycles. The summed E-state index contributed by atoms with van der Waals surface area (Å²) in [6.07, 6.45) is 3.81. The zero-order chi connectivity index (χ0) is 14.2. The van der Waals surface area contributed by atoms with Crippen molar-refractivity contribution in [2.45, 2.75) is 59.9 Å². The molecule has 0 spiro atoms. The maximum atomic E-state index is 5.87. The normalized spacial score (nSPS) is 29.5. The molecule has 3 N–H and O–H groups in total. The average molecular weight is 264 g/mol. The van der Waals surface area contributed by atoms with E-state index in [1.807, 2.05) is 6.92 Å². The van der Waals surface area contributed by atoms with E-state index in [-0.39, 0.29) is 6.04 Å². The van der Waals surface area contributed by atoms with Gasteiger partial charge in [0.2, 0.25) is 0 Å². The molecular weight excluding hydrogens is 236 g/mol. The van der Waals surface area contributed by atoms with E-state index in [0.29, 0.717) is 5.92 Å². The van der Waals surface area contributed by atoms with E-state index in [1.54, 1.807) is 0 Å². The van der Waals surface area contributed by atoms with E-state index >= 15 is 0 Å². The third-order valence-electron chi connectivity index (χ3n) is 5.22. The van der Waals surface area contributed by atoms with Gasteiger partial charge in [0.05, 0.1) is 6.04 Å². The standard InChI is InChI=1S/C16H28N2O/c1-9-6-7-14(8-10(9)2)16(18-17)15-11(3)12(4)19-13(15)5/h9-10,14,16,18H,6-8,17H2,1-5H3. The zero-order valence-corrected chi connectivity index (χ0v) is 12.9. The summed E-state index contributed by atoms with van der Waals surface area (Å²) in [5.41, 5.74) is 5.60. The first kappa shape index (κ1) is 14.6. The Hall–Kier alpha value is -0.800. The van der Waals surface area contributed by atoms with E-state index in [9.17, 15) is 0 Å². The van der Waals surface area contributed by atoms with Crippen LogP contribution >= 0.6 is 0 Å². The van der Waals surface area contributed by atoms with Crippen LogP contribution in [0, 0.1) is 38.5 Å². The molecule has 1 fully saturated rings. The minimum Gasteiger partial charge on any atom is -0.466 e. The molecule has 3 nitrogen and oxygen atoms in total. The summed E-state index contributed by atoms with van der Waals surface area (Å²) in [5, 5.41) is 0. The van der Waals surface area contributed by atoms with Crippen molar-refractivity contribution < 1.29 is 4.42 Å². The highest BCUT2D eigenvalue weighted by Crippen LogP contribution is 2.41. The molecule has 3 heteroatoms. The molecule has 0 aromatic carbocycles. The molecular formula is C16H28N2O. The Bertz CT molecular complexity index is 438. The molecule has 4 unspecified atom stereocenters. The quantitative estimate of drug-likeness (QED) is 0.645. The topological polar surface area (TPSA) is 51.2 Å². The molecule has 1 aliphatic rings. The number of furan rings is 1. The number of aryl methyl sites for hydroxylation is 2. The molecule has 2 rings (SSSR count). The van der Waals surface area contributed by atoms with Crippen LogP contribution in [0.5, 0.6) is 0 Å². The fourth-order valence-electron chi connectivity index (χ4n) is 3.61. The monoisotopic (exact) mass is 264 g/mol. The fourth-order valence-corrected chi connectivity index (χ4v) is 3.61. The van der Waals surface area contributed by atoms with Crippen LogP contribution in [0.2, 0.25) is 0 Å². The second-order valence-corrected chi connectivity index (χ2v) is 6.43. The summed E-state index contributed by atoms with van der Waals surface area (Å²) in [6, 6.07) is 0.229. The summed E-state index contributed by atoms with van der Waals surface area (Å²) >= 11 is 0. The lowest BCUT2D eigenvalue weighted by atomic mass is 9.72. The number of rotatable bonds is 3. The van der Waals surface area contributed by atoms with Gasteiger partial charge in [0.15, 0.2) is 0 Å². The van der Waals surface area contributed by atoms with Crippen molar-refractivity contribution in [2.24, 2.45) is 23.6 Å². The molecule has 0 saturated heterocycles. The zero-order valence-electron chi connectivity index (χ0n) is 12.9. The van der Waals surface area contributed by atoms with Crippen molar-refractivity contribution >= 4 is 0 Å². The van der Waals surface area contributed by atoms with Crippen molar-refractivity contribution in [3.05, 3.63) is 22.6 Å². The predicted molar refractivity (Wildman–Crippen MR) is 78.7 cm³/mol. The summed E-state index contributed by atoms with van der Waals surface area (Å²) in [5.74, 6) is 10.1. The second-order valence-electron chi connectivity index (χ2n) is 6.43. The maximum Gasteiger partial charge on any atom is 0.106 e. The van der Waals surface area contributed by atoms with E-state index < -0.39 is 0 Å². The van der Waals surface area contributed by atoms with Gasteiger partial charge in [-0.1, -0.05) is 20.3 Å². The van der Waals surface area contributed by atoms with Crippen LogP contribution in [0.15, 0.2) is 4.42 Å². The third kappa shape index (κ3) is 2.72. The number of hydrogen-bond donors (Lipinski definition) is 2. The Balaban J connectivity index is 2.25. The molecule has 19 heavy (non-hydrogen) atoms. The number of nitrogens with two attached hydrogens (primary N) is 1. The van der Waals surface area contributed by atoms with E-state index in [0.717, 1.165) is 23.4 Å². The Kier molecular flexibility index (Phi) is 4.36. The van der Waals surface area contributed by atoms with Crippen LogP contribution in [-0.4, -0.2) is 0 Å². The first-order chi connectivity index (χ1) is 8.95. The Morgan fingerprint density at radius 1 is 1.11 bits per heavy atom. The van der Waals surface area contributed by atoms with Crippen molar-refractivity contribution in [1.29, 1.82) is 0 Å². The highest BCUT2D eigenvalue weighted by Gasteiger charge is 2.33. The van der Waals surface area contributed by atoms with E-state index in [2.05, 4.69) is 33.1 Å². The number of hydrazine groups is 1. The Morgan fingerprint density at radius 3 is 2.26 bits per heavy atom. The van der Waals surface area contributed by atoms with E-state index in [1.165, 1.54) is 30.4 Å². The number of hydrogen-bond acceptors (Lipinski definition) is 3. The molecule has 0 bridgehead atoms. The molecule has 108 valence electrons. The van der Waals surface area contributed by atoms with Gasteiger partial charge in [-0.3, -0.25) is 11.3 Å². The van der Waals surface area contributed by atoms with Crippen molar-refractivity contribution in [2.75, 3.05) is 0 Å². The molecule has 1 aromatic rings. The molecule has 1 aromatic heterocycles. The smallest absolute Gasteiger partial charge is 0.106 e. The van der Waals surface area contributed by atoms with Crippen LogP contribution in [0.25, 0.3) is 0 Å². The Morgan fingerprint density at radius 2 is 1.79 bits per heavy atom. The lowest BCUT2D eigenvalue weighted by Gasteiger charge is -2.36. The molecule has 1 heterocycles. The second kappa shape index (κ2) is 5.68. The largest absolute Gasteiger partial charge is 0.466 e. The van der Waals surface area contributed by atoms with Crippen LogP contribution < -0.4 is 11.3 Å². The van der Waals surface area contributed by atoms with Gasteiger partial charge >= 0.3 is 0 Å². The first-order valence-corrected chi connectivity index (χ1v) is 7.48. The summed E-state index contributed by atoms with van der Waals surface area (Å²) in [6.45, 7) is 11.0. The van der Waals surface area contributed by atoms with E-state index in [4.69, 9.17) is 10.3 Å². The maximum absolute atomic E-state index is 5.87. The minimum absolute atomic E-state index is 0.229. The molecule has 0 radical (unpaired) electrons. The first-order valence-electron chi connectivity index (χ1n) is 7.48.